The lowest BCUT2D eigenvalue weighted by Crippen LogP contribution is -2.27. The molecule has 0 aliphatic carbocycles. The van der Waals surface area contributed by atoms with Crippen LogP contribution in [0.25, 0.3) is 0 Å². The summed E-state index contributed by atoms with van der Waals surface area (Å²) in [7, 11) is 0. The van der Waals surface area contributed by atoms with E-state index in [2.05, 4.69) is 42.0 Å². The topological polar surface area (TPSA) is 115 Å². The Hall–Kier alpha value is -2.53. The first kappa shape index (κ1) is 20.2. The summed E-state index contributed by atoms with van der Waals surface area (Å²) in [5.41, 5.74) is 2.63. The van der Waals surface area contributed by atoms with Crippen molar-refractivity contribution in [2.45, 2.75) is 27.2 Å². The molecule has 148 valence electrons. The standard InChI is InChI=1S/C17H18BrN5O4S/c1-17(2,3)15(25)20-16-23-22-14(28-16)6-13(24)21-19-7-9-4-11-12(5-10(9)18)27-8-26-11/h4-5,7H,6,8H2,1-3H3,(H,21,24)(H,20,23,25)/b19-7-. The number of aromatic nitrogens is 2. The van der Waals surface area contributed by atoms with E-state index in [0.29, 0.717) is 21.6 Å². The van der Waals surface area contributed by atoms with E-state index in [1.54, 1.807) is 32.9 Å². The van der Waals surface area contributed by atoms with Gasteiger partial charge in [-0.15, -0.1) is 10.2 Å². The molecule has 2 aromatic rings. The van der Waals surface area contributed by atoms with Crippen LogP contribution >= 0.6 is 27.3 Å². The molecule has 1 aliphatic heterocycles. The monoisotopic (exact) mass is 467 g/mol. The fraction of sp³-hybridized carbons (Fsp3) is 0.353. The molecule has 9 nitrogen and oxygen atoms in total. The van der Waals surface area contributed by atoms with Gasteiger partial charge in [-0.05, 0) is 28.1 Å². The van der Waals surface area contributed by atoms with Crippen LogP contribution in [0.4, 0.5) is 5.13 Å². The highest BCUT2D eigenvalue weighted by molar-refractivity contribution is 9.10. The molecule has 0 saturated heterocycles. The molecule has 0 atom stereocenters. The zero-order valence-corrected chi connectivity index (χ0v) is 17.8. The highest BCUT2D eigenvalue weighted by Gasteiger charge is 2.22. The van der Waals surface area contributed by atoms with Crippen LogP contribution in [0.5, 0.6) is 11.5 Å². The Morgan fingerprint density at radius 1 is 1.29 bits per heavy atom. The number of hydrazone groups is 1. The minimum absolute atomic E-state index is 0.00268. The Balaban J connectivity index is 1.54. The van der Waals surface area contributed by atoms with E-state index in [4.69, 9.17) is 9.47 Å². The van der Waals surface area contributed by atoms with E-state index in [0.717, 1.165) is 21.4 Å². The minimum atomic E-state index is -0.541. The zero-order chi connectivity index (χ0) is 20.3. The second kappa shape index (κ2) is 8.23. The van der Waals surface area contributed by atoms with Crippen molar-refractivity contribution in [3.63, 3.8) is 0 Å². The van der Waals surface area contributed by atoms with Crippen molar-refractivity contribution in [3.8, 4) is 11.5 Å². The number of nitrogens with one attached hydrogen (secondary N) is 2. The molecule has 1 aromatic carbocycles. The molecule has 1 aromatic heterocycles. The Morgan fingerprint density at radius 2 is 2.00 bits per heavy atom. The van der Waals surface area contributed by atoms with Gasteiger partial charge < -0.3 is 14.8 Å². The number of amides is 2. The predicted molar refractivity (Wildman–Crippen MR) is 108 cm³/mol. The number of carbonyl (C=O) groups excluding carboxylic acids is 2. The molecule has 0 radical (unpaired) electrons. The van der Waals surface area contributed by atoms with E-state index < -0.39 is 5.41 Å². The Kier molecular flexibility index (Phi) is 5.94. The number of halogens is 1. The number of hydrogen-bond acceptors (Lipinski definition) is 8. The van der Waals surface area contributed by atoms with Gasteiger partial charge in [0.2, 0.25) is 23.7 Å². The summed E-state index contributed by atoms with van der Waals surface area (Å²) >= 11 is 4.56. The summed E-state index contributed by atoms with van der Waals surface area (Å²) in [6.45, 7) is 5.58. The van der Waals surface area contributed by atoms with Gasteiger partial charge in [0.05, 0.1) is 12.6 Å². The number of ether oxygens (including phenoxy) is 2. The fourth-order valence-electron chi connectivity index (χ4n) is 2.04. The Bertz CT molecular complexity index is 938. The van der Waals surface area contributed by atoms with Crippen LogP contribution in [0.1, 0.15) is 31.3 Å². The Labute approximate surface area is 173 Å². The van der Waals surface area contributed by atoms with Crippen LogP contribution in [-0.2, 0) is 16.0 Å². The molecule has 3 rings (SSSR count). The van der Waals surface area contributed by atoms with E-state index in [1.165, 1.54) is 6.21 Å². The van der Waals surface area contributed by atoms with Crippen LogP contribution in [0.15, 0.2) is 21.7 Å². The number of hydrogen-bond donors (Lipinski definition) is 2. The van der Waals surface area contributed by atoms with E-state index in [9.17, 15) is 9.59 Å². The molecule has 11 heteroatoms. The largest absolute Gasteiger partial charge is 0.454 e. The zero-order valence-electron chi connectivity index (χ0n) is 15.4. The quantitative estimate of drug-likeness (QED) is 0.515. The predicted octanol–water partition coefficient (Wildman–Crippen LogP) is 2.71. The minimum Gasteiger partial charge on any atom is -0.454 e. The van der Waals surface area contributed by atoms with Crippen molar-refractivity contribution in [2.24, 2.45) is 10.5 Å². The first-order valence-corrected chi connectivity index (χ1v) is 9.88. The summed E-state index contributed by atoms with van der Waals surface area (Å²) < 4.78 is 11.4. The molecule has 0 fully saturated rings. The summed E-state index contributed by atoms with van der Waals surface area (Å²) in [5.74, 6) is 0.755. The van der Waals surface area contributed by atoms with Crippen molar-refractivity contribution in [1.29, 1.82) is 0 Å². The van der Waals surface area contributed by atoms with Crippen LogP contribution in [-0.4, -0.2) is 35.0 Å². The lowest BCUT2D eigenvalue weighted by atomic mass is 9.96. The molecule has 2 amide bonds. The molecule has 0 unspecified atom stereocenters. The maximum absolute atomic E-state index is 12.0. The number of anilines is 1. The molecule has 0 saturated carbocycles. The van der Waals surface area contributed by atoms with E-state index in [1.807, 2.05) is 0 Å². The normalized spacial score (nSPS) is 13.0. The smallest absolute Gasteiger partial charge is 0.247 e. The van der Waals surface area contributed by atoms with Crippen molar-refractivity contribution >= 4 is 50.4 Å². The number of nitrogens with zero attached hydrogens (tertiary/aromatic N) is 3. The number of fused-ring (bicyclic) bond motifs is 1. The third-order valence-corrected chi connectivity index (χ3v) is 5.09. The van der Waals surface area contributed by atoms with Gasteiger partial charge in [-0.2, -0.15) is 5.10 Å². The molecule has 0 bridgehead atoms. The highest BCUT2D eigenvalue weighted by atomic mass is 79.9. The third-order valence-electron chi connectivity index (χ3n) is 3.57. The first-order valence-electron chi connectivity index (χ1n) is 8.27. The number of carbonyl (C=O) groups is 2. The SMILES string of the molecule is CC(C)(C)C(=O)Nc1nnc(CC(=O)N/N=C\c2cc3c(cc2Br)OCO3)s1. The van der Waals surface area contributed by atoms with Gasteiger partial charge in [-0.25, -0.2) is 5.43 Å². The van der Waals surface area contributed by atoms with Crippen LogP contribution < -0.4 is 20.2 Å². The molecule has 1 aliphatic rings. The number of rotatable bonds is 5. The molecular formula is C17H18BrN5O4S. The van der Waals surface area contributed by atoms with Crippen molar-refractivity contribution in [3.05, 3.63) is 27.2 Å². The first-order chi connectivity index (χ1) is 13.2. The summed E-state index contributed by atoms with van der Waals surface area (Å²) in [4.78, 5) is 24.0. The van der Waals surface area contributed by atoms with Crippen LogP contribution in [0.3, 0.4) is 0 Å². The van der Waals surface area contributed by atoms with Crippen molar-refractivity contribution < 1.29 is 19.1 Å². The van der Waals surface area contributed by atoms with Crippen LogP contribution in [0.2, 0.25) is 0 Å². The maximum atomic E-state index is 12.0. The summed E-state index contributed by atoms with van der Waals surface area (Å²) in [5, 5.41) is 15.3. The lowest BCUT2D eigenvalue weighted by Gasteiger charge is -2.15. The molecule has 28 heavy (non-hydrogen) atoms. The lowest BCUT2D eigenvalue weighted by molar-refractivity contribution is -0.123. The van der Waals surface area contributed by atoms with Gasteiger partial charge in [-0.3, -0.25) is 9.59 Å². The third kappa shape index (κ3) is 5.04. The second-order valence-corrected chi connectivity index (χ2v) is 8.82. The number of benzene rings is 1. The molecular weight excluding hydrogens is 450 g/mol. The molecule has 0 spiro atoms. The van der Waals surface area contributed by atoms with Crippen molar-refractivity contribution in [2.75, 3.05) is 12.1 Å². The average Bonchev–Trinajstić information content (AvgIpc) is 3.23. The highest BCUT2D eigenvalue weighted by Crippen LogP contribution is 2.36. The summed E-state index contributed by atoms with van der Waals surface area (Å²) in [6.07, 6.45) is 1.50. The van der Waals surface area contributed by atoms with Gasteiger partial charge in [0.25, 0.3) is 0 Å². The maximum Gasteiger partial charge on any atom is 0.247 e. The van der Waals surface area contributed by atoms with Gasteiger partial charge in [-0.1, -0.05) is 32.1 Å². The van der Waals surface area contributed by atoms with E-state index >= 15 is 0 Å². The molecule has 2 heterocycles. The van der Waals surface area contributed by atoms with Gasteiger partial charge in [0.15, 0.2) is 11.5 Å². The second-order valence-electron chi connectivity index (χ2n) is 6.90. The van der Waals surface area contributed by atoms with E-state index in [-0.39, 0.29) is 25.0 Å². The van der Waals surface area contributed by atoms with Gasteiger partial charge in [0.1, 0.15) is 5.01 Å². The van der Waals surface area contributed by atoms with Crippen molar-refractivity contribution in [1.82, 2.24) is 15.6 Å². The van der Waals surface area contributed by atoms with Crippen LogP contribution in [0, 0.1) is 5.41 Å². The molecule has 2 N–H and O–H groups in total. The Morgan fingerprint density at radius 3 is 2.71 bits per heavy atom. The van der Waals surface area contributed by atoms with Gasteiger partial charge >= 0.3 is 0 Å². The fourth-order valence-corrected chi connectivity index (χ4v) is 3.20. The van der Waals surface area contributed by atoms with Gasteiger partial charge in [0, 0.05) is 15.5 Å². The average molecular weight is 468 g/mol. The summed E-state index contributed by atoms with van der Waals surface area (Å²) in [6, 6.07) is 3.54.